The highest BCUT2D eigenvalue weighted by Crippen LogP contribution is 2.45. The SMILES string of the molecule is CN(C(=O)OC(C)(C)C)[C@@H]1[C@@H](O)[C@@H](O[C@H]2[C@H](NC(=O)OCC3c4ccccc4-c4ccccc43)C[C@H](NC(=O)OC(C)(C)C)C([C@H]3OC(CNC(=O)OCc4ccc([N+](=O)[O-])cc4)=CC[C@H]3NC(=O)OC(C)(C)C)[C@@H]2O)OC[C@]1(C)O. The highest BCUT2D eigenvalue weighted by molar-refractivity contribution is 5.79. The highest BCUT2D eigenvalue weighted by Gasteiger charge is 2.57. The average molecular weight is 1130 g/mol. The van der Waals surface area contributed by atoms with Crippen LogP contribution in [0.2, 0.25) is 0 Å². The molecule has 24 heteroatoms. The van der Waals surface area contributed by atoms with Crippen molar-refractivity contribution >= 4 is 36.2 Å². The topological polar surface area (TPSA) is 314 Å². The number of carbonyl (C=O) groups excluding carboxylic acids is 5. The summed E-state index contributed by atoms with van der Waals surface area (Å²) in [5, 5.41) is 59.2. The number of likely N-dealkylation sites (N-methyl/N-ethyl adjacent to an activating group) is 1. The summed E-state index contributed by atoms with van der Waals surface area (Å²) >= 11 is 0. The molecule has 7 N–H and O–H groups in total. The van der Waals surface area contributed by atoms with Crippen LogP contribution in [0, 0.1) is 16.0 Å². The van der Waals surface area contributed by atoms with Crippen LogP contribution in [0.5, 0.6) is 0 Å². The molecule has 4 aliphatic rings. The molecule has 7 rings (SSSR count). The van der Waals surface area contributed by atoms with Gasteiger partial charge < -0.3 is 79.4 Å². The average Bonchev–Trinajstić information content (AvgIpc) is 3.79. The summed E-state index contributed by atoms with van der Waals surface area (Å²) in [6.07, 6.45) is -11.5. The lowest BCUT2D eigenvalue weighted by Gasteiger charge is -2.52. The van der Waals surface area contributed by atoms with Crippen LogP contribution in [0.25, 0.3) is 11.1 Å². The van der Waals surface area contributed by atoms with Gasteiger partial charge in [-0.25, -0.2) is 24.0 Å². The summed E-state index contributed by atoms with van der Waals surface area (Å²) in [5.74, 6) is -1.54. The molecular formula is C57H76N6O18. The van der Waals surface area contributed by atoms with Gasteiger partial charge in [0.15, 0.2) is 6.29 Å². The van der Waals surface area contributed by atoms with Crippen molar-refractivity contribution in [2.45, 2.75) is 172 Å². The zero-order chi connectivity index (χ0) is 59.4. The van der Waals surface area contributed by atoms with Crippen LogP contribution in [-0.2, 0) is 44.5 Å². The van der Waals surface area contributed by atoms with E-state index >= 15 is 0 Å². The van der Waals surface area contributed by atoms with Crippen molar-refractivity contribution in [1.82, 2.24) is 26.2 Å². The van der Waals surface area contributed by atoms with Gasteiger partial charge in [-0.15, -0.1) is 0 Å². The maximum atomic E-state index is 14.3. The van der Waals surface area contributed by atoms with Gasteiger partial charge in [0.1, 0.15) is 59.7 Å². The Morgan fingerprint density at radius 3 is 1.86 bits per heavy atom. The van der Waals surface area contributed by atoms with E-state index in [0.717, 1.165) is 27.2 Å². The van der Waals surface area contributed by atoms with Crippen LogP contribution in [0.15, 0.2) is 84.6 Å². The normalized spacial score (nSPS) is 26.4. The lowest BCUT2D eigenvalue weighted by molar-refractivity contribution is -0.384. The number of hydrogen-bond acceptors (Lipinski definition) is 18. The van der Waals surface area contributed by atoms with Crippen molar-refractivity contribution in [3.63, 3.8) is 0 Å². The fourth-order valence-electron chi connectivity index (χ4n) is 10.6. The number of alkyl carbamates (subject to hydrolysis) is 4. The fraction of sp³-hybridized carbons (Fsp3) is 0.561. The maximum absolute atomic E-state index is 14.3. The molecule has 11 atom stereocenters. The Morgan fingerprint density at radius 2 is 1.30 bits per heavy atom. The third kappa shape index (κ3) is 15.8. The number of fused-ring (bicyclic) bond motifs is 3. The van der Waals surface area contributed by atoms with Crippen LogP contribution in [0.4, 0.5) is 29.7 Å². The van der Waals surface area contributed by atoms with Crippen LogP contribution in [-0.4, -0.2) is 160 Å². The molecule has 3 aromatic rings. The van der Waals surface area contributed by atoms with Crippen molar-refractivity contribution in [2.75, 3.05) is 26.8 Å². The van der Waals surface area contributed by atoms with Gasteiger partial charge in [-0.1, -0.05) is 48.5 Å². The monoisotopic (exact) mass is 1130 g/mol. The summed E-state index contributed by atoms with van der Waals surface area (Å²) in [6.45, 7) is 15.1. The third-order valence-corrected chi connectivity index (χ3v) is 13.9. The Morgan fingerprint density at radius 1 is 0.741 bits per heavy atom. The second-order valence-electron chi connectivity index (χ2n) is 23.9. The number of nitrogens with one attached hydrogen (secondary N) is 4. The van der Waals surface area contributed by atoms with E-state index in [-0.39, 0.29) is 50.0 Å². The second-order valence-corrected chi connectivity index (χ2v) is 23.9. The Balaban J connectivity index is 1.22. The van der Waals surface area contributed by atoms with Gasteiger partial charge in [-0.2, -0.15) is 0 Å². The van der Waals surface area contributed by atoms with Gasteiger partial charge in [0.05, 0.1) is 42.3 Å². The number of non-ortho nitro benzene ring substituents is 1. The number of aliphatic hydroxyl groups excluding tert-OH is 2. The number of ether oxygens (including phenoxy) is 8. The minimum atomic E-state index is -1.88. The molecule has 1 saturated heterocycles. The van der Waals surface area contributed by atoms with Crippen molar-refractivity contribution in [1.29, 1.82) is 0 Å². The third-order valence-electron chi connectivity index (χ3n) is 13.9. The number of rotatable bonds is 14. The Bertz CT molecular complexity index is 2740. The molecule has 0 bridgehead atoms. The quantitative estimate of drug-likeness (QED) is 0.0504. The van der Waals surface area contributed by atoms with E-state index in [1.807, 2.05) is 48.5 Å². The first-order valence-electron chi connectivity index (χ1n) is 26.8. The second kappa shape index (κ2) is 24.9. The van der Waals surface area contributed by atoms with Gasteiger partial charge in [-0.3, -0.25) is 10.1 Å². The zero-order valence-corrected chi connectivity index (χ0v) is 47.5. The number of amides is 5. The standard InChI is InChI=1S/C57H76N6O18/c1-54(2,3)79-51(68)59-39-25-24-33(27-58-49(66)74-28-31-20-22-32(23-21-31)63(72)73)77-45(39)42-40(60-52(69)80-55(4,5)6)26-41(61-50(67)75-29-38-36-18-14-12-16-34(36)35-17-13-15-19-37(35)38)46(43(42)64)78-48-44(65)47(57(10,71)30-76-48)62(11)53(70)81-56(7,8)9/h12-24,38-48,64-65,71H,25-30H2,1-11H3,(H,58,66)(H,59,68)(H,60,69)(H,61,67)/t39-,40+,41-,42?,43+,44-,45+,46+,47-,48-,57+/m1/s1. The molecule has 0 spiro atoms. The first kappa shape index (κ1) is 61.4. The molecule has 442 valence electrons. The summed E-state index contributed by atoms with van der Waals surface area (Å²) < 4.78 is 47.5. The molecule has 24 nitrogen and oxygen atoms in total. The number of aliphatic hydroxyl groups is 3. The van der Waals surface area contributed by atoms with Gasteiger partial charge in [0.25, 0.3) is 5.69 Å². The first-order chi connectivity index (χ1) is 37.9. The molecule has 81 heavy (non-hydrogen) atoms. The number of benzene rings is 3. The molecule has 2 aliphatic carbocycles. The number of nitro benzene ring substituents is 1. The molecule has 0 radical (unpaired) electrons. The number of carbonyl (C=O) groups is 5. The minimum Gasteiger partial charge on any atom is -0.491 e. The smallest absolute Gasteiger partial charge is 0.410 e. The first-order valence-corrected chi connectivity index (χ1v) is 26.8. The molecule has 2 aliphatic heterocycles. The number of hydrogen-bond donors (Lipinski definition) is 7. The van der Waals surface area contributed by atoms with E-state index in [9.17, 15) is 49.4 Å². The summed E-state index contributed by atoms with van der Waals surface area (Å²) in [5.41, 5.74) is -0.625. The Kier molecular flexibility index (Phi) is 18.8. The molecule has 5 amide bonds. The van der Waals surface area contributed by atoms with E-state index in [1.54, 1.807) is 68.4 Å². The van der Waals surface area contributed by atoms with E-state index < -0.39 is 125 Å². The minimum absolute atomic E-state index is 0.00626. The van der Waals surface area contributed by atoms with E-state index in [1.165, 1.54) is 38.2 Å². The van der Waals surface area contributed by atoms with E-state index in [4.69, 9.17) is 37.9 Å². The number of nitro groups is 1. The largest absolute Gasteiger partial charge is 0.491 e. The van der Waals surface area contributed by atoms with Crippen LogP contribution >= 0.6 is 0 Å². The van der Waals surface area contributed by atoms with Crippen molar-refractivity contribution in [2.24, 2.45) is 5.92 Å². The predicted molar refractivity (Wildman–Crippen MR) is 290 cm³/mol. The molecular weight excluding hydrogens is 1060 g/mol. The van der Waals surface area contributed by atoms with Gasteiger partial charge in [0, 0.05) is 37.1 Å². The van der Waals surface area contributed by atoms with Gasteiger partial charge >= 0.3 is 30.5 Å². The summed E-state index contributed by atoms with van der Waals surface area (Å²) in [6, 6.07) is 16.0. The zero-order valence-electron chi connectivity index (χ0n) is 47.5. The Labute approximate surface area is 470 Å². The molecule has 0 aromatic heterocycles. The van der Waals surface area contributed by atoms with Crippen molar-refractivity contribution in [3.05, 3.63) is 111 Å². The lowest BCUT2D eigenvalue weighted by atomic mass is 9.72. The van der Waals surface area contributed by atoms with Gasteiger partial charge in [0.2, 0.25) is 0 Å². The molecule has 1 unspecified atom stereocenters. The molecule has 2 heterocycles. The lowest BCUT2D eigenvalue weighted by Crippen LogP contribution is -2.71. The fourth-order valence-corrected chi connectivity index (χ4v) is 10.6. The predicted octanol–water partition coefficient (Wildman–Crippen LogP) is 6.66. The van der Waals surface area contributed by atoms with Crippen molar-refractivity contribution < 1.29 is 82.1 Å². The van der Waals surface area contributed by atoms with Crippen LogP contribution in [0.3, 0.4) is 0 Å². The molecule has 1 saturated carbocycles. The van der Waals surface area contributed by atoms with Crippen molar-refractivity contribution in [3.8, 4) is 11.1 Å². The summed E-state index contributed by atoms with van der Waals surface area (Å²) in [7, 11) is 1.33. The maximum Gasteiger partial charge on any atom is 0.410 e. The number of nitrogens with zero attached hydrogens (tertiary/aromatic N) is 2. The Hall–Kier alpha value is -7.25. The summed E-state index contributed by atoms with van der Waals surface area (Å²) in [4.78, 5) is 80.1. The highest BCUT2D eigenvalue weighted by atomic mass is 16.7. The van der Waals surface area contributed by atoms with E-state index in [0.29, 0.717) is 5.56 Å². The van der Waals surface area contributed by atoms with Crippen LogP contribution < -0.4 is 21.3 Å². The van der Waals surface area contributed by atoms with Crippen LogP contribution in [0.1, 0.15) is 105 Å². The molecule has 2 fully saturated rings. The van der Waals surface area contributed by atoms with Gasteiger partial charge in [-0.05, 0) is 128 Å². The molecule has 3 aromatic carbocycles. The van der Waals surface area contributed by atoms with E-state index in [2.05, 4.69) is 21.3 Å².